The smallest absolute Gasteiger partial charge is 0.227 e. The normalized spacial score (nSPS) is 11.4. The summed E-state index contributed by atoms with van der Waals surface area (Å²) in [6.45, 7) is 1.98. The van der Waals surface area contributed by atoms with Gasteiger partial charge in [0.25, 0.3) is 0 Å². The Labute approximate surface area is 327 Å². The molecule has 0 N–H and O–H groups in total. The fourth-order valence-corrected chi connectivity index (χ4v) is 7.55. The van der Waals surface area contributed by atoms with E-state index in [0.29, 0.717) is 5.71 Å². The van der Waals surface area contributed by atoms with E-state index in [1.165, 1.54) is 33.4 Å². The van der Waals surface area contributed by atoms with E-state index in [1.807, 2.05) is 43.7 Å². The maximum absolute atomic E-state index is 6.26. The van der Waals surface area contributed by atoms with E-state index in [1.54, 1.807) is 0 Å². The van der Waals surface area contributed by atoms with Crippen LogP contribution >= 0.6 is 0 Å². The number of aromatic nitrogens is 4. The molecule has 5 heterocycles. The van der Waals surface area contributed by atoms with Crippen molar-refractivity contribution in [1.29, 1.82) is 0 Å². The van der Waals surface area contributed by atoms with E-state index in [0.717, 1.165) is 94.3 Å². The predicted molar refractivity (Wildman–Crippen MR) is 227 cm³/mol. The van der Waals surface area contributed by atoms with Gasteiger partial charge in [-0.25, -0.2) is 4.98 Å². The molecule has 0 bridgehead atoms. The van der Waals surface area contributed by atoms with Gasteiger partial charge < -0.3 is 4.42 Å². The van der Waals surface area contributed by atoms with Crippen molar-refractivity contribution in [2.24, 2.45) is 0 Å². The number of aryl methyl sites for hydroxylation is 7. The summed E-state index contributed by atoms with van der Waals surface area (Å²) in [6, 6.07) is 51.3. The zero-order valence-electron chi connectivity index (χ0n) is 31.5. The molecule has 0 amide bonds. The standard InChI is InChI=1S/C51H42N4O/c1-35-15-25-45-44-13-8-14-46(50(44)56-51(45)55-35)49-28-24-38(34-54-49)18-21-41-30-39(19-16-36-22-26-47(52-32-36)42-9-4-2-5-10-42)29-40(31-41)20-17-37-23-27-48(53-33-37)43-11-6-3-7-12-43/h2-15,22-34H,16-21H2,1H3. The van der Waals surface area contributed by atoms with Crippen molar-refractivity contribution in [3.8, 4) is 33.8 Å². The Hall–Kier alpha value is -6.72. The summed E-state index contributed by atoms with van der Waals surface area (Å²) in [5.41, 5.74) is 16.4. The van der Waals surface area contributed by atoms with Crippen LogP contribution in [0.3, 0.4) is 0 Å². The number of fused-ring (bicyclic) bond motifs is 3. The lowest BCUT2D eigenvalue weighted by molar-refractivity contribution is 0.653. The highest BCUT2D eigenvalue weighted by molar-refractivity contribution is 6.08. The minimum absolute atomic E-state index is 0.668. The van der Waals surface area contributed by atoms with Gasteiger partial charge in [-0.05, 0) is 115 Å². The number of hydrogen-bond acceptors (Lipinski definition) is 5. The maximum atomic E-state index is 6.26. The molecule has 272 valence electrons. The Morgan fingerprint density at radius 2 is 0.893 bits per heavy atom. The first-order chi connectivity index (χ1) is 27.6. The first-order valence-corrected chi connectivity index (χ1v) is 19.5. The minimum Gasteiger partial charge on any atom is -0.437 e. The number of benzene rings is 4. The molecular formula is C51H42N4O. The monoisotopic (exact) mass is 726 g/mol. The number of para-hydroxylation sites is 1. The van der Waals surface area contributed by atoms with Crippen LogP contribution in [0, 0.1) is 6.92 Å². The van der Waals surface area contributed by atoms with Gasteiger partial charge in [-0.2, -0.15) is 0 Å². The number of hydrogen-bond donors (Lipinski definition) is 0. The Balaban J connectivity index is 0.915. The summed E-state index contributed by atoms with van der Waals surface area (Å²) in [6.07, 6.45) is 11.7. The van der Waals surface area contributed by atoms with Gasteiger partial charge in [0.15, 0.2) is 0 Å². The highest BCUT2D eigenvalue weighted by Crippen LogP contribution is 2.34. The molecule has 4 aromatic carbocycles. The zero-order chi connectivity index (χ0) is 37.7. The lowest BCUT2D eigenvalue weighted by Gasteiger charge is -2.12. The molecule has 9 rings (SSSR count). The second kappa shape index (κ2) is 15.9. The van der Waals surface area contributed by atoms with Gasteiger partial charge in [-0.15, -0.1) is 0 Å². The summed E-state index contributed by atoms with van der Waals surface area (Å²) in [7, 11) is 0. The molecule has 5 heteroatoms. The third kappa shape index (κ3) is 7.89. The summed E-state index contributed by atoms with van der Waals surface area (Å²) in [5.74, 6) is 0. The summed E-state index contributed by atoms with van der Waals surface area (Å²) >= 11 is 0. The SMILES string of the molecule is Cc1ccc2c(n1)oc1c(-c3ccc(CCc4cc(CCc5ccc(-c6ccccc6)nc5)cc(CCc5ccc(-c6ccccc6)nc5)c4)cn3)cccc12. The molecule has 0 unspecified atom stereocenters. The van der Waals surface area contributed by atoms with Crippen molar-refractivity contribution >= 4 is 22.1 Å². The summed E-state index contributed by atoms with van der Waals surface area (Å²) < 4.78 is 6.26. The van der Waals surface area contributed by atoms with E-state index in [4.69, 9.17) is 19.4 Å². The molecular weight excluding hydrogens is 685 g/mol. The molecule has 9 aromatic rings. The first kappa shape index (κ1) is 35.0. The second-order valence-electron chi connectivity index (χ2n) is 14.6. The second-order valence-corrected chi connectivity index (χ2v) is 14.6. The Morgan fingerprint density at radius 1 is 0.411 bits per heavy atom. The molecule has 0 aliphatic rings. The fourth-order valence-electron chi connectivity index (χ4n) is 7.55. The zero-order valence-corrected chi connectivity index (χ0v) is 31.5. The van der Waals surface area contributed by atoms with E-state index >= 15 is 0 Å². The van der Waals surface area contributed by atoms with Crippen LogP contribution in [0.1, 0.15) is 39.1 Å². The predicted octanol–water partition coefficient (Wildman–Crippen LogP) is 11.8. The van der Waals surface area contributed by atoms with Crippen molar-refractivity contribution < 1.29 is 4.42 Å². The number of pyridine rings is 4. The lowest BCUT2D eigenvalue weighted by Crippen LogP contribution is -2.00. The van der Waals surface area contributed by atoms with Gasteiger partial charge in [0, 0.05) is 51.7 Å². The average molecular weight is 727 g/mol. The van der Waals surface area contributed by atoms with Crippen molar-refractivity contribution in [3.05, 3.63) is 203 Å². The molecule has 0 saturated carbocycles. The first-order valence-electron chi connectivity index (χ1n) is 19.5. The van der Waals surface area contributed by atoms with Crippen molar-refractivity contribution in [1.82, 2.24) is 19.9 Å². The Kier molecular flexibility index (Phi) is 9.97. The number of nitrogens with zero attached hydrogens (tertiary/aromatic N) is 4. The summed E-state index contributed by atoms with van der Waals surface area (Å²) in [5, 5.41) is 2.09. The molecule has 5 aromatic heterocycles. The molecule has 0 atom stereocenters. The van der Waals surface area contributed by atoms with Gasteiger partial charge in [-0.3, -0.25) is 15.0 Å². The number of furan rings is 1. The molecule has 0 saturated heterocycles. The highest BCUT2D eigenvalue weighted by atomic mass is 16.3. The molecule has 0 aliphatic heterocycles. The molecule has 5 nitrogen and oxygen atoms in total. The van der Waals surface area contributed by atoms with Crippen molar-refractivity contribution in [2.75, 3.05) is 0 Å². The van der Waals surface area contributed by atoms with Crippen LogP contribution in [0.4, 0.5) is 0 Å². The van der Waals surface area contributed by atoms with Crippen molar-refractivity contribution in [3.63, 3.8) is 0 Å². The molecule has 0 aliphatic carbocycles. The highest BCUT2D eigenvalue weighted by Gasteiger charge is 2.14. The van der Waals surface area contributed by atoms with E-state index in [-0.39, 0.29) is 0 Å². The van der Waals surface area contributed by atoms with Gasteiger partial charge in [0.05, 0.1) is 17.1 Å². The topological polar surface area (TPSA) is 64.7 Å². The van der Waals surface area contributed by atoms with Gasteiger partial charge in [0.2, 0.25) is 5.71 Å². The molecule has 0 fully saturated rings. The maximum Gasteiger partial charge on any atom is 0.227 e. The largest absolute Gasteiger partial charge is 0.437 e. The van der Waals surface area contributed by atoms with Crippen LogP contribution in [0.15, 0.2) is 169 Å². The molecule has 56 heavy (non-hydrogen) atoms. The van der Waals surface area contributed by atoms with Crippen LogP contribution in [0.25, 0.3) is 55.8 Å². The van der Waals surface area contributed by atoms with E-state index in [2.05, 4.69) is 132 Å². The van der Waals surface area contributed by atoms with E-state index < -0.39 is 0 Å². The minimum atomic E-state index is 0.668. The Morgan fingerprint density at radius 3 is 1.38 bits per heavy atom. The van der Waals surface area contributed by atoms with Crippen LogP contribution < -0.4 is 0 Å². The summed E-state index contributed by atoms with van der Waals surface area (Å²) in [4.78, 5) is 19.1. The Bertz CT molecular complexity index is 2620. The third-order valence-corrected chi connectivity index (χ3v) is 10.6. The van der Waals surface area contributed by atoms with Crippen LogP contribution in [-0.4, -0.2) is 19.9 Å². The lowest BCUT2D eigenvalue weighted by atomic mass is 9.94. The third-order valence-electron chi connectivity index (χ3n) is 10.6. The van der Waals surface area contributed by atoms with Crippen LogP contribution in [0.2, 0.25) is 0 Å². The molecule has 0 spiro atoms. The number of rotatable bonds is 12. The van der Waals surface area contributed by atoms with Crippen molar-refractivity contribution in [2.45, 2.75) is 45.4 Å². The fraction of sp³-hybridized carbons (Fsp3) is 0.137. The quantitative estimate of drug-likeness (QED) is 0.125. The van der Waals surface area contributed by atoms with Crippen LogP contribution in [-0.2, 0) is 38.5 Å². The van der Waals surface area contributed by atoms with Gasteiger partial charge >= 0.3 is 0 Å². The van der Waals surface area contributed by atoms with E-state index in [9.17, 15) is 0 Å². The molecule has 0 radical (unpaired) electrons. The average Bonchev–Trinajstić information content (AvgIpc) is 3.63. The van der Waals surface area contributed by atoms with Gasteiger partial charge in [0.1, 0.15) is 5.58 Å². The van der Waals surface area contributed by atoms with Crippen LogP contribution in [0.5, 0.6) is 0 Å². The van der Waals surface area contributed by atoms with Gasteiger partial charge in [-0.1, -0.05) is 109 Å².